The van der Waals surface area contributed by atoms with E-state index in [2.05, 4.69) is 10.2 Å². The Hall–Kier alpha value is -2.49. The van der Waals surface area contributed by atoms with E-state index in [0.29, 0.717) is 24.2 Å². The summed E-state index contributed by atoms with van der Waals surface area (Å²) in [5.41, 5.74) is 1.65. The molecule has 9 heteroatoms. The topological polar surface area (TPSA) is 79.0 Å². The van der Waals surface area contributed by atoms with E-state index < -0.39 is 15.8 Å². The normalized spacial score (nSPS) is 16.9. The Morgan fingerprint density at radius 2 is 1.87 bits per heavy atom. The third-order valence-electron chi connectivity index (χ3n) is 5.65. The molecule has 0 radical (unpaired) electrons. The van der Waals surface area contributed by atoms with E-state index in [9.17, 15) is 17.6 Å². The van der Waals surface area contributed by atoms with Crippen LogP contribution in [0.15, 0.2) is 47.4 Å². The first kappa shape index (κ1) is 21.7. The third kappa shape index (κ3) is 4.73. The molecule has 2 aromatic carbocycles. The number of ether oxygens (including phenoxy) is 1. The van der Waals surface area contributed by atoms with E-state index >= 15 is 0 Å². The van der Waals surface area contributed by atoms with E-state index in [0.717, 1.165) is 50.9 Å². The number of carbonyl (C=O) groups excluding carboxylic acids is 1. The number of nitrogens with zero attached hydrogens (tertiary/aromatic N) is 2. The molecule has 0 aliphatic carbocycles. The Balaban J connectivity index is 1.43. The molecule has 7 nitrogen and oxygen atoms in total. The highest BCUT2D eigenvalue weighted by Gasteiger charge is 2.33. The van der Waals surface area contributed by atoms with Crippen LogP contribution < -0.4 is 9.62 Å². The fraction of sp³-hybridized carbons (Fsp3) is 0.409. The van der Waals surface area contributed by atoms with Crippen molar-refractivity contribution in [1.29, 1.82) is 0 Å². The molecule has 1 N–H and O–H groups in total. The summed E-state index contributed by atoms with van der Waals surface area (Å²) in [5, 5.41) is 2.90. The number of sulfonamides is 1. The van der Waals surface area contributed by atoms with E-state index in [1.54, 1.807) is 18.2 Å². The zero-order valence-corrected chi connectivity index (χ0v) is 18.0. The van der Waals surface area contributed by atoms with Crippen molar-refractivity contribution in [2.75, 3.05) is 50.2 Å². The third-order valence-corrected chi connectivity index (χ3v) is 7.49. The Labute approximate surface area is 181 Å². The zero-order chi connectivity index (χ0) is 21.8. The van der Waals surface area contributed by atoms with Crippen LogP contribution in [0.2, 0.25) is 0 Å². The van der Waals surface area contributed by atoms with Gasteiger partial charge in [-0.15, -0.1) is 0 Å². The minimum Gasteiger partial charge on any atom is -0.379 e. The second-order valence-electron chi connectivity index (χ2n) is 7.66. The van der Waals surface area contributed by atoms with Crippen LogP contribution in [0.25, 0.3) is 0 Å². The number of morpholine rings is 1. The number of carbonyl (C=O) groups is 1. The van der Waals surface area contributed by atoms with Gasteiger partial charge in [-0.25, -0.2) is 12.8 Å². The standard InChI is InChI=1S/C22H26FN3O4S/c23-19-4-1-2-5-21(19)31(28,29)26-11-8-17-6-7-18(16-20(17)26)22(27)24-9-3-10-25-12-14-30-15-13-25/h1-2,4-7,16H,3,8-15H2,(H,24,27). The van der Waals surface area contributed by atoms with E-state index in [1.165, 1.54) is 22.5 Å². The predicted octanol–water partition coefficient (Wildman–Crippen LogP) is 2.03. The van der Waals surface area contributed by atoms with Gasteiger partial charge in [-0.3, -0.25) is 14.0 Å². The highest BCUT2D eigenvalue weighted by molar-refractivity contribution is 7.92. The van der Waals surface area contributed by atoms with E-state index in [-0.39, 0.29) is 17.3 Å². The van der Waals surface area contributed by atoms with Crippen LogP contribution >= 0.6 is 0 Å². The monoisotopic (exact) mass is 447 g/mol. The van der Waals surface area contributed by atoms with Gasteiger partial charge in [0.05, 0.1) is 18.9 Å². The molecule has 2 aliphatic rings. The minimum absolute atomic E-state index is 0.219. The van der Waals surface area contributed by atoms with Crippen molar-refractivity contribution in [2.45, 2.75) is 17.7 Å². The maximum atomic E-state index is 14.1. The number of rotatable bonds is 7. The number of halogens is 1. The molecular formula is C22H26FN3O4S. The van der Waals surface area contributed by atoms with Gasteiger partial charge in [-0.1, -0.05) is 18.2 Å². The zero-order valence-electron chi connectivity index (χ0n) is 17.2. The fourth-order valence-electron chi connectivity index (χ4n) is 3.94. The molecule has 2 aromatic rings. The average Bonchev–Trinajstić information content (AvgIpc) is 3.21. The van der Waals surface area contributed by atoms with Gasteiger partial charge in [0, 0.05) is 31.7 Å². The first-order valence-electron chi connectivity index (χ1n) is 10.5. The molecule has 0 spiro atoms. The van der Waals surface area contributed by atoms with Crippen molar-refractivity contribution in [3.8, 4) is 0 Å². The quantitative estimate of drug-likeness (QED) is 0.657. The molecule has 0 unspecified atom stereocenters. The molecule has 0 bridgehead atoms. The van der Waals surface area contributed by atoms with Crippen LogP contribution in [-0.4, -0.2) is 65.2 Å². The van der Waals surface area contributed by atoms with Gasteiger partial charge >= 0.3 is 0 Å². The van der Waals surface area contributed by atoms with Crippen molar-refractivity contribution in [1.82, 2.24) is 10.2 Å². The van der Waals surface area contributed by atoms with Gasteiger partial charge in [0.25, 0.3) is 15.9 Å². The molecule has 31 heavy (non-hydrogen) atoms. The maximum Gasteiger partial charge on any atom is 0.267 e. The number of benzene rings is 2. The Kier molecular flexibility index (Phi) is 6.54. The van der Waals surface area contributed by atoms with E-state index in [1.807, 2.05) is 0 Å². The highest BCUT2D eigenvalue weighted by atomic mass is 32.2. The summed E-state index contributed by atoms with van der Waals surface area (Å²) in [5.74, 6) is -1.04. The van der Waals surface area contributed by atoms with Crippen molar-refractivity contribution >= 4 is 21.6 Å². The van der Waals surface area contributed by atoms with Crippen LogP contribution in [0.5, 0.6) is 0 Å². The lowest BCUT2D eigenvalue weighted by molar-refractivity contribution is 0.0374. The summed E-state index contributed by atoms with van der Waals surface area (Å²) < 4.78 is 46.7. The van der Waals surface area contributed by atoms with Crippen LogP contribution in [0.4, 0.5) is 10.1 Å². The van der Waals surface area contributed by atoms with Crippen molar-refractivity contribution < 1.29 is 22.3 Å². The summed E-state index contributed by atoms with van der Waals surface area (Å²) in [4.78, 5) is 14.5. The van der Waals surface area contributed by atoms with Gasteiger partial charge in [0.1, 0.15) is 10.7 Å². The largest absolute Gasteiger partial charge is 0.379 e. The lowest BCUT2D eigenvalue weighted by Gasteiger charge is -2.26. The van der Waals surface area contributed by atoms with Gasteiger partial charge in [-0.2, -0.15) is 0 Å². The summed E-state index contributed by atoms with van der Waals surface area (Å²) in [7, 11) is -4.05. The molecule has 0 aromatic heterocycles. The number of fused-ring (bicyclic) bond motifs is 1. The van der Waals surface area contributed by atoms with Gasteiger partial charge < -0.3 is 10.1 Å². The summed E-state index contributed by atoms with van der Waals surface area (Å²) in [6.45, 7) is 4.95. The fourth-order valence-corrected chi connectivity index (χ4v) is 5.51. The molecule has 1 saturated heterocycles. The molecular weight excluding hydrogens is 421 g/mol. The molecule has 0 atom stereocenters. The Morgan fingerprint density at radius 1 is 1.10 bits per heavy atom. The Morgan fingerprint density at radius 3 is 2.65 bits per heavy atom. The molecule has 4 rings (SSSR count). The summed E-state index contributed by atoms with van der Waals surface area (Å²) in [6, 6.07) is 10.4. The summed E-state index contributed by atoms with van der Waals surface area (Å²) in [6.07, 6.45) is 1.34. The van der Waals surface area contributed by atoms with Crippen molar-refractivity contribution in [3.63, 3.8) is 0 Å². The molecule has 0 saturated carbocycles. The molecule has 1 fully saturated rings. The van der Waals surface area contributed by atoms with E-state index in [4.69, 9.17) is 4.74 Å². The first-order chi connectivity index (χ1) is 15.0. The minimum atomic E-state index is -4.05. The smallest absolute Gasteiger partial charge is 0.267 e. The molecule has 166 valence electrons. The molecule has 2 aliphatic heterocycles. The number of hydrogen-bond acceptors (Lipinski definition) is 5. The maximum absolute atomic E-state index is 14.1. The number of anilines is 1. The second kappa shape index (κ2) is 9.33. The molecule has 2 heterocycles. The predicted molar refractivity (Wildman–Crippen MR) is 115 cm³/mol. The van der Waals surface area contributed by atoms with Gasteiger partial charge in [-0.05, 0) is 49.2 Å². The van der Waals surface area contributed by atoms with Crippen LogP contribution in [-0.2, 0) is 21.2 Å². The first-order valence-corrected chi connectivity index (χ1v) is 11.9. The molecule has 1 amide bonds. The Bertz CT molecular complexity index is 1050. The second-order valence-corrected chi connectivity index (χ2v) is 9.50. The number of amides is 1. The average molecular weight is 448 g/mol. The van der Waals surface area contributed by atoms with Crippen LogP contribution in [0.1, 0.15) is 22.3 Å². The van der Waals surface area contributed by atoms with Crippen LogP contribution in [0.3, 0.4) is 0 Å². The van der Waals surface area contributed by atoms with Gasteiger partial charge in [0.15, 0.2) is 0 Å². The lowest BCUT2D eigenvalue weighted by atomic mass is 10.1. The SMILES string of the molecule is O=C(NCCCN1CCOCC1)c1ccc2c(c1)N(S(=O)(=O)c1ccccc1F)CC2. The van der Waals surface area contributed by atoms with Crippen molar-refractivity contribution in [2.24, 2.45) is 0 Å². The number of nitrogens with one attached hydrogen (secondary N) is 1. The highest BCUT2D eigenvalue weighted by Crippen LogP contribution is 2.34. The van der Waals surface area contributed by atoms with Crippen molar-refractivity contribution in [3.05, 3.63) is 59.4 Å². The number of hydrogen-bond donors (Lipinski definition) is 1. The van der Waals surface area contributed by atoms with Gasteiger partial charge in [0.2, 0.25) is 0 Å². The summed E-state index contributed by atoms with van der Waals surface area (Å²) >= 11 is 0. The lowest BCUT2D eigenvalue weighted by Crippen LogP contribution is -2.38. The van der Waals surface area contributed by atoms with Crippen LogP contribution in [0, 0.1) is 5.82 Å².